The van der Waals surface area contributed by atoms with Gasteiger partial charge in [-0.2, -0.15) is 0 Å². The van der Waals surface area contributed by atoms with Crippen molar-refractivity contribution in [2.75, 3.05) is 26.4 Å². The van der Waals surface area contributed by atoms with Gasteiger partial charge in [0.15, 0.2) is 0 Å². The molecule has 0 bridgehead atoms. The fourth-order valence-electron chi connectivity index (χ4n) is 2.57. The number of nitrogens with two attached hydrogens (primary N) is 1. The Morgan fingerprint density at radius 3 is 1.89 bits per heavy atom. The van der Waals surface area contributed by atoms with Crippen LogP contribution in [0.3, 0.4) is 0 Å². The third-order valence-electron chi connectivity index (χ3n) is 4.22. The van der Waals surface area contributed by atoms with Crippen molar-refractivity contribution in [1.29, 1.82) is 0 Å². The van der Waals surface area contributed by atoms with Crippen LogP contribution in [0.15, 0.2) is 0 Å². The van der Waals surface area contributed by atoms with Gasteiger partial charge in [-0.05, 0) is 12.8 Å². The highest BCUT2D eigenvalue weighted by atomic mass is 16.3. The van der Waals surface area contributed by atoms with Crippen LogP contribution in [0.25, 0.3) is 0 Å². The first-order valence-corrected chi connectivity index (χ1v) is 6.93. The molecule has 0 aliphatic heterocycles. The summed E-state index contributed by atoms with van der Waals surface area (Å²) in [6, 6.07) is 0. The number of carbonyl (C=O) groups is 1. The quantitative estimate of drug-likeness (QED) is 0.403. The second kappa shape index (κ2) is 7.19. The van der Waals surface area contributed by atoms with Gasteiger partial charge in [0.2, 0.25) is 5.91 Å². The van der Waals surface area contributed by atoms with Crippen LogP contribution in [0.2, 0.25) is 0 Å². The number of hydrogen-bond acceptors (Lipinski definition) is 5. The van der Waals surface area contributed by atoms with Crippen LogP contribution >= 0.6 is 0 Å². The average Bonchev–Trinajstić information content (AvgIpc) is 2.71. The summed E-state index contributed by atoms with van der Waals surface area (Å²) < 4.78 is 0. The van der Waals surface area contributed by atoms with Crippen molar-refractivity contribution in [2.24, 2.45) is 11.1 Å². The molecule has 6 N–H and O–H groups in total. The summed E-state index contributed by atoms with van der Waals surface area (Å²) in [5, 5.41) is 30.4. The lowest BCUT2D eigenvalue weighted by atomic mass is 9.78. The zero-order valence-corrected chi connectivity index (χ0v) is 11.4. The Morgan fingerprint density at radius 1 is 1.05 bits per heavy atom. The normalized spacial score (nSPS) is 19.8. The highest BCUT2D eigenvalue weighted by Crippen LogP contribution is 2.34. The van der Waals surface area contributed by atoms with Crippen LogP contribution in [0.4, 0.5) is 0 Å². The maximum absolute atomic E-state index is 12.5. The fourth-order valence-corrected chi connectivity index (χ4v) is 2.57. The van der Waals surface area contributed by atoms with Gasteiger partial charge < -0.3 is 26.4 Å². The van der Waals surface area contributed by atoms with Gasteiger partial charge in [-0.3, -0.25) is 4.79 Å². The van der Waals surface area contributed by atoms with E-state index in [9.17, 15) is 20.1 Å². The number of amides is 1. The lowest BCUT2D eigenvalue weighted by Gasteiger charge is -2.36. The molecule has 1 fully saturated rings. The van der Waals surface area contributed by atoms with Gasteiger partial charge in [0.05, 0.1) is 25.2 Å². The number of rotatable bonds is 6. The zero-order valence-electron chi connectivity index (χ0n) is 11.4. The predicted octanol–water partition coefficient (Wildman–Crippen LogP) is -0.882. The Labute approximate surface area is 114 Å². The van der Waals surface area contributed by atoms with Crippen LogP contribution < -0.4 is 11.1 Å². The van der Waals surface area contributed by atoms with Crippen molar-refractivity contribution in [3.8, 4) is 0 Å². The molecule has 0 unspecified atom stereocenters. The van der Waals surface area contributed by atoms with Crippen molar-refractivity contribution in [3.63, 3.8) is 0 Å². The SMILES string of the molecule is NCC1(C(=O)NC(CO)(CO)CO)CCCCCC1. The summed E-state index contributed by atoms with van der Waals surface area (Å²) >= 11 is 0. The van der Waals surface area contributed by atoms with E-state index in [1.54, 1.807) is 0 Å². The van der Waals surface area contributed by atoms with Gasteiger partial charge in [0.1, 0.15) is 5.54 Å². The molecule has 1 aliphatic carbocycles. The molecule has 1 amide bonds. The maximum Gasteiger partial charge on any atom is 0.228 e. The van der Waals surface area contributed by atoms with Crippen molar-refractivity contribution in [2.45, 2.75) is 44.1 Å². The third-order valence-corrected chi connectivity index (χ3v) is 4.22. The standard InChI is InChI=1S/C13H26N2O4/c14-7-12(5-3-1-2-4-6-12)11(19)15-13(8-16,9-17)10-18/h16-18H,1-10,14H2,(H,15,19). The lowest BCUT2D eigenvalue weighted by Crippen LogP contribution is -2.61. The molecule has 19 heavy (non-hydrogen) atoms. The lowest BCUT2D eigenvalue weighted by molar-refractivity contribution is -0.135. The van der Waals surface area contributed by atoms with Crippen molar-refractivity contribution in [3.05, 3.63) is 0 Å². The molecule has 112 valence electrons. The summed E-state index contributed by atoms with van der Waals surface area (Å²) in [5.41, 5.74) is 3.80. The van der Waals surface area contributed by atoms with Crippen molar-refractivity contribution in [1.82, 2.24) is 5.32 Å². The van der Waals surface area contributed by atoms with E-state index in [0.29, 0.717) is 12.8 Å². The Hall–Kier alpha value is -0.690. The molecule has 0 aromatic rings. The predicted molar refractivity (Wildman–Crippen MR) is 71.3 cm³/mol. The second-order valence-electron chi connectivity index (χ2n) is 5.61. The summed E-state index contributed by atoms with van der Waals surface area (Å²) in [6.07, 6.45) is 5.53. The van der Waals surface area contributed by atoms with Crippen LogP contribution in [-0.2, 0) is 4.79 Å². The molecule has 0 spiro atoms. The molecule has 0 aromatic heterocycles. The van der Waals surface area contributed by atoms with Gasteiger partial charge in [0, 0.05) is 6.54 Å². The summed E-state index contributed by atoms with van der Waals surface area (Å²) in [5.74, 6) is -0.269. The highest BCUT2D eigenvalue weighted by Gasteiger charge is 2.41. The third kappa shape index (κ3) is 3.66. The number of aliphatic hydroxyl groups excluding tert-OH is 3. The van der Waals surface area contributed by atoms with E-state index in [2.05, 4.69) is 5.32 Å². The molecular weight excluding hydrogens is 248 g/mol. The molecule has 6 nitrogen and oxygen atoms in total. The topological polar surface area (TPSA) is 116 Å². The van der Waals surface area contributed by atoms with E-state index in [1.807, 2.05) is 0 Å². The van der Waals surface area contributed by atoms with E-state index >= 15 is 0 Å². The molecule has 1 rings (SSSR count). The van der Waals surface area contributed by atoms with E-state index in [-0.39, 0.29) is 12.5 Å². The van der Waals surface area contributed by atoms with Crippen molar-refractivity contribution >= 4 is 5.91 Å². The van der Waals surface area contributed by atoms with Gasteiger partial charge >= 0.3 is 0 Å². The van der Waals surface area contributed by atoms with Gasteiger partial charge in [-0.1, -0.05) is 25.7 Å². The zero-order chi connectivity index (χ0) is 14.4. The Kier molecular flexibility index (Phi) is 6.19. The number of nitrogens with one attached hydrogen (secondary N) is 1. The second-order valence-corrected chi connectivity index (χ2v) is 5.61. The minimum Gasteiger partial charge on any atom is -0.394 e. The molecule has 0 heterocycles. The molecule has 0 saturated heterocycles. The summed E-state index contributed by atoms with van der Waals surface area (Å²) in [4.78, 5) is 12.5. The molecule has 6 heteroatoms. The first-order chi connectivity index (χ1) is 9.08. The highest BCUT2D eigenvalue weighted by molar-refractivity contribution is 5.83. The van der Waals surface area contributed by atoms with Gasteiger partial charge in [-0.25, -0.2) is 0 Å². The van der Waals surface area contributed by atoms with E-state index < -0.39 is 30.8 Å². The smallest absolute Gasteiger partial charge is 0.228 e. The monoisotopic (exact) mass is 274 g/mol. The molecule has 1 saturated carbocycles. The molecule has 1 aliphatic rings. The molecule has 0 aromatic carbocycles. The Bertz CT molecular complexity index is 276. The Morgan fingerprint density at radius 2 is 1.53 bits per heavy atom. The van der Waals surface area contributed by atoms with Gasteiger partial charge in [-0.15, -0.1) is 0 Å². The molecule has 0 radical (unpaired) electrons. The van der Waals surface area contributed by atoms with Crippen LogP contribution in [-0.4, -0.2) is 53.1 Å². The molecular formula is C13H26N2O4. The number of hydrogen-bond donors (Lipinski definition) is 5. The molecule has 0 atom stereocenters. The largest absolute Gasteiger partial charge is 0.394 e. The fraction of sp³-hybridized carbons (Fsp3) is 0.923. The first-order valence-electron chi connectivity index (χ1n) is 6.93. The van der Waals surface area contributed by atoms with E-state index in [0.717, 1.165) is 25.7 Å². The number of aliphatic hydroxyl groups is 3. The average molecular weight is 274 g/mol. The van der Waals surface area contributed by atoms with Crippen LogP contribution in [0, 0.1) is 5.41 Å². The summed E-state index contributed by atoms with van der Waals surface area (Å²) in [7, 11) is 0. The minimum absolute atomic E-state index is 0.247. The van der Waals surface area contributed by atoms with E-state index in [4.69, 9.17) is 5.73 Å². The van der Waals surface area contributed by atoms with E-state index in [1.165, 1.54) is 0 Å². The van der Waals surface area contributed by atoms with Gasteiger partial charge in [0.25, 0.3) is 0 Å². The van der Waals surface area contributed by atoms with Crippen LogP contribution in [0.5, 0.6) is 0 Å². The first kappa shape index (κ1) is 16.4. The maximum atomic E-state index is 12.5. The van der Waals surface area contributed by atoms with Crippen molar-refractivity contribution < 1.29 is 20.1 Å². The minimum atomic E-state index is -1.37. The van der Waals surface area contributed by atoms with Crippen LogP contribution in [0.1, 0.15) is 38.5 Å². The summed E-state index contributed by atoms with van der Waals surface area (Å²) in [6.45, 7) is -1.28. The number of carbonyl (C=O) groups excluding carboxylic acids is 1. The Balaban J connectivity index is 2.82.